The fraction of sp³-hybridized carbons (Fsp3) is 0.846. The minimum Gasteiger partial charge on any atom is -0.355 e. The Morgan fingerprint density at radius 2 is 1.84 bits per heavy atom. The van der Waals surface area contributed by atoms with Crippen molar-refractivity contribution in [3.05, 3.63) is 0 Å². The summed E-state index contributed by atoms with van der Waals surface area (Å²) >= 11 is 1.73. The average molecular weight is 285 g/mol. The van der Waals surface area contributed by atoms with Gasteiger partial charge in [0.25, 0.3) is 0 Å². The van der Waals surface area contributed by atoms with E-state index in [-0.39, 0.29) is 11.8 Å². The maximum absolute atomic E-state index is 11.6. The second-order valence-corrected chi connectivity index (χ2v) is 6.49. The van der Waals surface area contributed by atoms with Crippen molar-refractivity contribution in [2.24, 2.45) is 0 Å². The highest BCUT2D eigenvalue weighted by Crippen LogP contribution is 2.19. The number of amides is 2. The summed E-state index contributed by atoms with van der Waals surface area (Å²) in [7, 11) is 0. The molecule has 1 heterocycles. The molecule has 0 aromatic heterocycles. The largest absolute Gasteiger partial charge is 0.355 e. The quantitative estimate of drug-likeness (QED) is 0.627. The van der Waals surface area contributed by atoms with Crippen molar-refractivity contribution >= 4 is 23.6 Å². The minimum absolute atomic E-state index is 0.0442. The Labute approximate surface area is 118 Å². The lowest BCUT2D eigenvalue weighted by molar-refractivity contribution is -0.121. The normalized spacial score (nSPS) is 20.0. The zero-order chi connectivity index (χ0) is 13.5. The first-order valence-corrected chi connectivity index (χ1v) is 8.17. The lowest BCUT2D eigenvalue weighted by Crippen LogP contribution is -2.33. The summed E-state index contributed by atoms with van der Waals surface area (Å²) in [6, 6.07) is 0.402. The molecule has 6 heteroatoms. The first kappa shape index (κ1) is 14.7. The van der Waals surface area contributed by atoms with E-state index < -0.39 is 0 Å². The molecular formula is C13H23N3O2S. The van der Waals surface area contributed by atoms with Crippen LogP contribution in [0.2, 0.25) is 0 Å². The lowest BCUT2D eigenvalue weighted by atomic mass is 10.2. The Morgan fingerprint density at radius 3 is 2.53 bits per heavy atom. The number of nitrogens with one attached hydrogen (secondary N) is 3. The number of carbonyl (C=O) groups is 2. The molecule has 108 valence electrons. The summed E-state index contributed by atoms with van der Waals surface area (Å²) in [5, 5.41) is 9.63. The summed E-state index contributed by atoms with van der Waals surface area (Å²) < 4.78 is 0. The van der Waals surface area contributed by atoms with Crippen molar-refractivity contribution in [2.45, 2.75) is 43.4 Å². The van der Waals surface area contributed by atoms with Crippen LogP contribution in [-0.2, 0) is 9.59 Å². The zero-order valence-corrected chi connectivity index (χ0v) is 12.1. The molecule has 19 heavy (non-hydrogen) atoms. The van der Waals surface area contributed by atoms with Crippen molar-refractivity contribution in [3.63, 3.8) is 0 Å². The third-order valence-electron chi connectivity index (χ3n) is 3.35. The number of carbonyl (C=O) groups excluding carboxylic acids is 2. The predicted molar refractivity (Wildman–Crippen MR) is 77.1 cm³/mol. The highest BCUT2D eigenvalue weighted by Gasteiger charge is 2.22. The van der Waals surface area contributed by atoms with Crippen LogP contribution in [0.3, 0.4) is 0 Å². The Balaban J connectivity index is 1.47. The second kappa shape index (κ2) is 7.75. The molecule has 0 aromatic rings. The fourth-order valence-electron chi connectivity index (χ4n) is 2.05. The van der Waals surface area contributed by atoms with Gasteiger partial charge in [-0.25, -0.2) is 0 Å². The molecule has 0 aromatic carbocycles. The van der Waals surface area contributed by atoms with Crippen LogP contribution < -0.4 is 16.0 Å². The fourth-order valence-corrected chi connectivity index (χ4v) is 3.11. The maximum atomic E-state index is 11.6. The Hall–Kier alpha value is -0.750. The van der Waals surface area contributed by atoms with Crippen LogP contribution >= 0.6 is 11.8 Å². The van der Waals surface area contributed by atoms with Gasteiger partial charge in [-0.2, -0.15) is 0 Å². The Morgan fingerprint density at radius 1 is 1.11 bits per heavy atom. The summed E-state index contributed by atoms with van der Waals surface area (Å²) in [6.07, 6.45) is 4.87. The molecule has 0 radical (unpaired) electrons. The third kappa shape index (κ3) is 6.29. The predicted octanol–water partition coefficient (Wildman–Crippen LogP) is 0.257. The third-order valence-corrected chi connectivity index (χ3v) is 4.72. The molecule has 1 aliphatic heterocycles. The van der Waals surface area contributed by atoms with Gasteiger partial charge < -0.3 is 16.0 Å². The van der Waals surface area contributed by atoms with E-state index in [9.17, 15) is 9.59 Å². The first-order valence-electron chi connectivity index (χ1n) is 7.12. The van der Waals surface area contributed by atoms with E-state index in [1.54, 1.807) is 11.8 Å². The molecule has 0 spiro atoms. The molecule has 2 rings (SSSR count). The van der Waals surface area contributed by atoms with Crippen LogP contribution in [0.1, 0.15) is 32.1 Å². The molecule has 0 atom stereocenters. The highest BCUT2D eigenvalue weighted by molar-refractivity contribution is 8.00. The Kier molecular flexibility index (Phi) is 5.97. The summed E-state index contributed by atoms with van der Waals surface area (Å²) in [4.78, 5) is 23.0. The van der Waals surface area contributed by atoms with Crippen molar-refractivity contribution < 1.29 is 9.59 Å². The molecule has 3 N–H and O–H groups in total. The van der Waals surface area contributed by atoms with E-state index in [0.717, 1.165) is 38.8 Å². The topological polar surface area (TPSA) is 70.2 Å². The van der Waals surface area contributed by atoms with Gasteiger partial charge in [0.2, 0.25) is 11.8 Å². The average Bonchev–Trinajstić information content (AvgIpc) is 3.21. The molecule has 1 saturated heterocycles. The molecule has 0 bridgehead atoms. The van der Waals surface area contributed by atoms with Crippen molar-refractivity contribution in [1.82, 2.24) is 16.0 Å². The van der Waals surface area contributed by atoms with E-state index in [1.165, 1.54) is 0 Å². The van der Waals surface area contributed by atoms with E-state index in [4.69, 9.17) is 0 Å². The SMILES string of the molecule is O=C(CSC1CCNCC1)NCCC(=O)NC1CC1. The number of hydrogen-bond donors (Lipinski definition) is 3. The second-order valence-electron chi connectivity index (χ2n) is 5.20. The summed E-state index contributed by atoms with van der Waals surface area (Å²) in [5.74, 6) is 0.603. The molecule has 2 fully saturated rings. The molecule has 2 amide bonds. The van der Waals surface area contributed by atoms with Gasteiger partial charge in [0.1, 0.15) is 0 Å². The Bertz CT molecular complexity index is 315. The number of thioether (sulfide) groups is 1. The van der Waals surface area contributed by atoms with Gasteiger partial charge in [0.15, 0.2) is 0 Å². The van der Waals surface area contributed by atoms with E-state index in [1.807, 2.05) is 0 Å². The van der Waals surface area contributed by atoms with Crippen molar-refractivity contribution in [1.29, 1.82) is 0 Å². The lowest BCUT2D eigenvalue weighted by Gasteiger charge is -2.21. The van der Waals surface area contributed by atoms with Gasteiger partial charge in [0, 0.05) is 24.3 Å². The maximum Gasteiger partial charge on any atom is 0.230 e. The standard InChI is InChI=1S/C13H23N3O2S/c17-12(16-10-1-2-10)5-8-15-13(18)9-19-11-3-6-14-7-4-11/h10-11,14H,1-9H2,(H,15,18)(H,16,17). The molecular weight excluding hydrogens is 262 g/mol. The van der Waals surface area contributed by atoms with E-state index >= 15 is 0 Å². The van der Waals surface area contributed by atoms with E-state index in [2.05, 4.69) is 16.0 Å². The number of rotatable bonds is 7. The van der Waals surface area contributed by atoms with Crippen LogP contribution in [0, 0.1) is 0 Å². The van der Waals surface area contributed by atoms with Crippen LogP contribution in [0.5, 0.6) is 0 Å². The number of hydrogen-bond acceptors (Lipinski definition) is 4. The van der Waals surface area contributed by atoms with Crippen LogP contribution in [0.4, 0.5) is 0 Å². The van der Waals surface area contributed by atoms with Gasteiger partial charge >= 0.3 is 0 Å². The smallest absolute Gasteiger partial charge is 0.230 e. The highest BCUT2D eigenvalue weighted by atomic mass is 32.2. The molecule has 2 aliphatic rings. The monoisotopic (exact) mass is 285 g/mol. The first-order chi connectivity index (χ1) is 9.24. The number of piperidine rings is 1. The van der Waals surface area contributed by atoms with Gasteiger partial charge in [-0.1, -0.05) is 0 Å². The van der Waals surface area contributed by atoms with E-state index in [0.29, 0.717) is 30.0 Å². The summed E-state index contributed by atoms with van der Waals surface area (Å²) in [5.41, 5.74) is 0. The van der Waals surface area contributed by atoms with Gasteiger partial charge in [-0.05, 0) is 38.8 Å². The van der Waals surface area contributed by atoms with Crippen LogP contribution in [0.25, 0.3) is 0 Å². The summed E-state index contributed by atoms with van der Waals surface area (Å²) in [6.45, 7) is 2.56. The molecule has 5 nitrogen and oxygen atoms in total. The van der Waals surface area contributed by atoms with Gasteiger partial charge in [-0.3, -0.25) is 9.59 Å². The van der Waals surface area contributed by atoms with Gasteiger partial charge in [0.05, 0.1) is 5.75 Å². The van der Waals surface area contributed by atoms with Crippen molar-refractivity contribution in [2.75, 3.05) is 25.4 Å². The van der Waals surface area contributed by atoms with Crippen molar-refractivity contribution in [3.8, 4) is 0 Å². The zero-order valence-electron chi connectivity index (χ0n) is 11.2. The minimum atomic E-state index is 0.0442. The van der Waals surface area contributed by atoms with Crippen LogP contribution in [0.15, 0.2) is 0 Å². The molecule has 1 saturated carbocycles. The molecule has 1 aliphatic carbocycles. The van der Waals surface area contributed by atoms with Crippen LogP contribution in [-0.4, -0.2) is 48.5 Å². The van der Waals surface area contributed by atoms with Gasteiger partial charge in [-0.15, -0.1) is 11.8 Å². The molecule has 0 unspecified atom stereocenters.